The number of fused-ring (bicyclic) bond motifs is 1. The molecule has 0 aliphatic carbocycles. The quantitative estimate of drug-likeness (QED) is 0.637. The molecule has 0 bridgehead atoms. The fourth-order valence-corrected chi connectivity index (χ4v) is 3.01. The van der Waals surface area contributed by atoms with Crippen LogP contribution in [0.25, 0.3) is 5.65 Å². The van der Waals surface area contributed by atoms with Crippen LogP contribution in [0.5, 0.6) is 0 Å². The zero-order valence-electron chi connectivity index (χ0n) is 16.3. The normalized spacial score (nSPS) is 12.1. The van der Waals surface area contributed by atoms with Crippen molar-refractivity contribution in [2.45, 2.75) is 33.2 Å². The first-order valence-electron chi connectivity index (χ1n) is 9.27. The van der Waals surface area contributed by atoms with Gasteiger partial charge in [0.2, 0.25) is 0 Å². The molecule has 146 valence electrons. The van der Waals surface area contributed by atoms with Crippen molar-refractivity contribution in [3.05, 3.63) is 65.6 Å². The molecule has 28 heavy (non-hydrogen) atoms. The van der Waals surface area contributed by atoms with Crippen molar-refractivity contribution in [3.8, 4) is 0 Å². The Labute approximate surface area is 163 Å². The van der Waals surface area contributed by atoms with Crippen LogP contribution >= 0.6 is 0 Å². The van der Waals surface area contributed by atoms with Crippen molar-refractivity contribution in [2.75, 3.05) is 6.61 Å². The molecule has 2 aromatic heterocycles. The number of pyridine rings is 1. The van der Waals surface area contributed by atoms with Gasteiger partial charge in [-0.3, -0.25) is 9.20 Å². The van der Waals surface area contributed by atoms with Gasteiger partial charge in [-0.05, 0) is 37.0 Å². The first-order chi connectivity index (χ1) is 13.4. The lowest BCUT2D eigenvalue weighted by atomic mass is 9.97. The lowest BCUT2D eigenvalue weighted by Crippen LogP contribution is -2.33. The van der Waals surface area contributed by atoms with Gasteiger partial charge < -0.3 is 10.1 Å². The van der Waals surface area contributed by atoms with Crippen molar-refractivity contribution >= 4 is 17.5 Å². The number of hydrogen-bond donors (Lipinski definition) is 1. The van der Waals surface area contributed by atoms with Crippen LogP contribution in [0.2, 0.25) is 0 Å². The maximum atomic E-state index is 12.4. The Bertz CT molecular complexity index is 966. The van der Waals surface area contributed by atoms with Gasteiger partial charge in [0.05, 0.1) is 11.6 Å². The Kier molecular flexibility index (Phi) is 6.03. The number of amides is 1. The van der Waals surface area contributed by atoms with Crippen LogP contribution in [-0.4, -0.2) is 33.1 Å². The van der Waals surface area contributed by atoms with E-state index in [2.05, 4.69) is 29.4 Å². The number of aryl methyl sites for hydroxylation is 1. The maximum absolute atomic E-state index is 12.4. The summed E-state index contributed by atoms with van der Waals surface area (Å²) in [5, 5.41) is 10.9. The summed E-state index contributed by atoms with van der Waals surface area (Å²) in [6.45, 7) is 5.66. The van der Waals surface area contributed by atoms with Gasteiger partial charge in [-0.1, -0.05) is 44.2 Å². The highest BCUT2D eigenvalue weighted by molar-refractivity contribution is 5.91. The minimum Gasteiger partial charge on any atom is -0.452 e. The second-order valence-corrected chi connectivity index (χ2v) is 7.13. The Morgan fingerprint density at radius 3 is 2.57 bits per heavy atom. The summed E-state index contributed by atoms with van der Waals surface area (Å²) < 4.78 is 6.89. The molecule has 0 aliphatic heterocycles. The number of esters is 1. The van der Waals surface area contributed by atoms with Crippen LogP contribution in [-0.2, 0) is 9.53 Å². The molecule has 1 atom stereocenters. The van der Waals surface area contributed by atoms with E-state index in [9.17, 15) is 9.59 Å². The fraction of sp³-hybridized carbons (Fsp3) is 0.333. The molecular formula is C21H24N4O3. The van der Waals surface area contributed by atoms with E-state index >= 15 is 0 Å². The van der Waals surface area contributed by atoms with E-state index in [1.54, 1.807) is 29.7 Å². The van der Waals surface area contributed by atoms with Gasteiger partial charge in [-0.15, -0.1) is 10.2 Å². The SMILES string of the molecule is Cc1nnc2ccc(C(=O)OCC(=O)NC(CC(C)C)c3ccccc3)cn12. The Balaban J connectivity index is 1.61. The third-order valence-electron chi connectivity index (χ3n) is 4.39. The number of carbonyl (C=O) groups excluding carboxylic acids is 2. The topological polar surface area (TPSA) is 85.6 Å². The summed E-state index contributed by atoms with van der Waals surface area (Å²) in [4.78, 5) is 24.7. The molecular weight excluding hydrogens is 356 g/mol. The monoisotopic (exact) mass is 380 g/mol. The lowest BCUT2D eigenvalue weighted by molar-refractivity contribution is -0.125. The smallest absolute Gasteiger partial charge is 0.340 e. The highest BCUT2D eigenvalue weighted by Crippen LogP contribution is 2.21. The van der Waals surface area contributed by atoms with Crippen molar-refractivity contribution in [1.29, 1.82) is 0 Å². The number of rotatable bonds is 7. The van der Waals surface area contributed by atoms with E-state index in [0.29, 0.717) is 23.0 Å². The average Bonchev–Trinajstić information content (AvgIpc) is 3.06. The molecule has 1 unspecified atom stereocenters. The number of nitrogens with zero attached hydrogens (tertiary/aromatic N) is 3. The zero-order chi connectivity index (χ0) is 20.1. The number of nitrogens with one attached hydrogen (secondary N) is 1. The van der Waals surface area contributed by atoms with E-state index < -0.39 is 5.97 Å². The van der Waals surface area contributed by atoms with E-state index in [0.717, 1.165) is 12.0 Å². The molecule has 0 saturated heterocycles. The van der Waals surface area contributed by atoms with Crippen LogP contribution < -0.4 is 5.32 Å². The highest BCUT2D eigenvalue weighted by atomic mass is 16.5. The average molecular weight is 380 g/mol. The van der Waals surface area contributed by atoms with E-state index in [4.69, 9.17) is 4.74 Å². The standard InChI is InChI=1S/C21H24N4O3/c1-14(2)11-18(16-7-5-4-6-8-16)22-20(26)13-28-21(27)17-9-10-19-24-23-15(3)25(19)12-17/h4-10,12,14,18H,11,13H2,1-3H3,(H,22,26). The Morgan fingerprint density at radius 2 is 1.86 bits per heavy atom. The molecule has 0 spiro atoms. The van der Waals surface area contributed by atoms with Crippen LogP contribution in [0.3, 0.4) is 0 Å². The summed E-state index contributed by atoms with van der Waals surface area (Å²) in [5.41, 5.74) is 2.01. The summed E-state index contributed by atoms with van der Waals surface area (Å²) in [6, 6.07) is 13.0. The third kappa shape index (κ3) is 4.73. The molecule has 2 heterocycles. The van der Waals surface area contributed by atoms with E-state index in [1.807, 2.05) is 30.3 Å². The highest BCUT2D eigenvalue weighted by Gasteiger charge is 2.18. The molecule has 1 amide bonds. The fourth-order valence-electron chi connectivity index (χ4n) is 3.01. The van der Waals surface area contributed by atoms with Gasteiger partial charge in [0.15, 0.2) is 12.3 Å². The molecule has 1 aromatic carbocycles. The van der Waals surface area contributed by atoms with Crippen molar-refractivity contribution < 1.29 is 14.3 Å². The molecule has 0 saturated carbocycles. The van der Waals surface area contributed by atoms with Gasteiger partial charge in [-0.2, -0.15) is 0 Å². The van der Waals surface area contributed by atoms with Crippen LogP contribution in [0.1, 0.15) is 48.1 Å². The van der Waals surface area contributed by atoms with E-state index in [1.165, 1.54) is 0 Å². The Morgan fingerprint density at radius 1 is 1.11 bits per heavy atom. The van der Waals surface area contributed by atoms with Crippen molar-refractivity contribution in [1.82, 2.24) is 19.9 Å². The number of hydrogen-bond acceptors (Lipinski definition) is 5. The zero-order valence-corrected chi connectivity index (χ0v) is 16.3. The second kappa shape index (κ2) is 8.65. The summed E-state index contributed by atoms with van der Waals surface area (Å²) in [5.74, 6) is 0.184. The largest absolute Gasteiger partial charge is 0.452 e. The third-order valence-corrected chi connectivity index (χ3v) is 4.39. The predicted molar refractivity (Wildman–Crippen MR) is 105 cm³/mol. The van der Waals surface area contributed by atoms with Crippen molar-refractivity contribution in [2.24, 2.45) is 5.92 Å². The molecule has 7 heteroatoms. The van der Waals surface area contributed by atoms with Gasteiger partial charge in [0.1, 0.15) is 5.82 Å². The number of carbonyl (C=O) groups is 2. The maximum Gasteiger partial charge on any atom is 0.340 e. The van der Waals surface area contributed by atoms with Crippen molar-refractivity contribution in [3.63, 3.8) is 0 Å². The number of benzene rings is 1. The summed E-state index contributed by atoms with van der Waals surface area (Å²) in [7, 11) is 0. The first kappa shape index (κ1) is 19.5. The molecule has 7 nitrogen and oxygen atoms in total. The number of ether oxygens (including phenoxy) is 1. The van der Waals surface area contributed by atoms with Gasteiger partial charge in [0, 0.05) is 6.20 Å². The molecule has 1 N–H and O–H groups in total. The van der Waals surface area contributed by atoms with Gasteiger partial charge in [-0.25, -0.2) is 4.79 Å². The molecule has 0 fully saturated rings. The molecule has 3 rings (SSSR count). The van der Waals surface area contributed by atoms with Crippen LogP contribution in [0.4, 0.5) is 0 Å². The minimum absolute atomic E-state index is 0.122. The lowest BCUT2D eigenvalue weighted by Gasteiger charge is -2.21. The Hall–Kier alpha value is -3.22. The molecule has 0 radical (unpaired) electrons. The molecule has 3 aromatic rings. The van der Waals surface area contributed by atoms with Crippen LogP contribution in [0, 0.1) is 12.8 Å². The molecule has 0 aliphatic rings. The predicted octanol–water partition coefficient (Wildman–Crippen LogP) is 3.10. The number of aromatic nitrogens is 3. The van der Waals surface area contributed by atoms with Crippen LogP contribution in [0.15, 0.2) is 48.7 Å². The minimum atomic E-state index is -0.565. The van der Waals surface area contributed by atoms with Gasteiger partial charge in [0.25, 0.3) is 5.91 Å². The second-order valence-electron chi connectivity index (χ2n) is 7.13. The first-order valence-corrected chi connectivity index (χ1v) is 9.27. The summed E-state index contributed by atoms with van der Waals surface area (Å²) >= 11 is 0. The summed E-state index contributed by atoms with van der Waals surface area (Å²) in [6.07, 6.45) is 2.41. The van der Waals surface area contributed by atoms with E-state index in [-0.39, 0.29) is 18.6 Å². The van der Waals surface area contributed by atoms with Gasteiger partial charge >= 0.3 is 5.97 Å².